The number of piperidine rings is 1. The van der Waals surface area contributed by atoms with Crippen molar-refractivity contribution < 1.29 is 28.2 Å². The Morgan fingerprint density at radius 2 is 1.69 bits per heavy atom. The van der Waals surface area contributed by atoms with E-state index >= 15 is 0 Å². The van der Waals surface area contributed by atoms with Crippen molar-refractivity contribution in [3.8, 4) is 22.6 Å². The molecule has 0 bridgehead atoms. The average Bonchev–Trinajstić information content (AvgIpc) is 2.85. The van der Waals surface area contributed by atoms with Gasteiger partial charge in [0.2, 0.25) is 0 Å². The molecule has 0 unspecified atom stereocenters. The van der Waals surface area contributed by atoms with E-state index in [1.54, 1.807) is 24.1 Å². The van der Waals surface area contributed by atoms with Gasteiger partial charge in [0.1, 0.15) is 29.3 Å². The number of rotatable bonds is 7. The topological polar surface area (TPSA) is 87.4 Å². The molecule has 0 saturated carbocycles. The van der Waals surface area contributed by atoms with Crippen molar-refractivity contribution in [2.75, 3.05) is 33.4 Å². The first-order valence-electron chi connectivity index (χ1n) is 12.2. The number of nitrogens with zero attached hydrogens (tertiary/aromatic N) is 1. The first-order valence-corrected chi connectivity index (χ1v) is 12.2. The summed E-state index contributed by atoms with van der Waals surface area (Å²) in [7, 11) is 1.60. The second kappa shape index (κ2) is 11.0. The fourth-order valence-corrected chi connectivity index (χ4v) is 4.14. The molecule has 1 aliphatic heterocycles. The van der Waals surface area contributed by atoms with E-state index in [4.69, 9.17) is 23.4 Å². The zero-order chi connectivity index (χ0) is 25.7. The third-order valence-corrected chi connectivity index (χ3v) is 5.91. The maximum Gasteiger partial charge on any atom is 0.410 e. The number of fused-ring (bicyclic) bond motifs is 1. The van der Waals surface area contributed by atoms with Crippen LogP contribution in [0.1, 0.15) is 33.6 Å². The average molecular weight is 496 g/mol. The number of likely N-dealkylation sites (tertiary alicyclic amines) is 1. The van der Waals surface area contributed by atoms with Crippen LogP contribution in [-0.2, 0) is 9.47 Å². The number of methoxy groups -OCH3 is 1. The molecule has 1 amide bonds. The Hall–Kier alpha value is -3.52. The lowest BCUT2D eigenvalue weighted by atomic mass is 10.0. The summed E-state index contributed by atoms with van der Waals surface area (Å²) in [6.45, 7) is 7.74. The fraction of sp³-hybridized carbons (Fsp3) is 0.429. The zero-order valence-corrected chi connectivity index (χ0v) is 21.2. The summed E-state index contributed by atoms with van der Waals surface area (Å²) in [5.74, 6) is 1.40. The molecule has 0 atom stereocenters. The van der Waals surface area contributed by atoms with Crippen molar-refractivity contribution >= 4 is 17.1 Å². The molecule has 1 aromatic heterocycles. The molecule has 8 nitrogen and oxygen atoms in total. The minimum atomic E-state index is -0.489. The molecule has 3 aromatic rings. The van der Waals surface area contributed by atoms with Crippen LogP contribution in [0, 0.1) is 0 Å². The molecule has 2 heterocycles. The Morgan fingerprint density at radius 3 is 2.36 bits per heavy atom. The van der Waals surface area contributed by atoms with Crippen LogP contribution in [-0.4, -0.2) is 56.1 Å². The van der Waals surface area contributed by atoms with Crippen LogP contribution < -0.4 is 15.1 Å². The second-order valence-corrected chi connectivity index (χ2v) is 9.75. The molecule has 0 spiro atoms. The molecule has 0 aliphatic carbocycles. The van der Waals surface area contributed by atoms with Gasteiger partial charge in [0.15, 0.2) is 0 Å². The van der Waals surface area contributed by atoms with Gasteiger partial charge in [0.25, 0.3) is 0 Å². The maximum absolute atomic E-state index is 12.2. The van der Waals surface area contributed by atoms with Crippen molar-refractivity contribution in [1.82, 2.24) is 4.90 Å². The Balaban J connectivity index is 1.27. The maximum atomic E-state index is 12.2. The van der Waals surface area contributed by atoms with Crippen molar-refractivity contribution in [3.05, 3.63) is 59.0 Å². The summed E-state index contributed by atoms with van der Waals surface area (Å²) in [4.78, 5) is 26.0. The lowest BCUT2D eigenvalue weighted by Crippen LogP contribution is -2.43. The number of amides is 1. The number of hydrogen-bond donors (Lipinski definition) is 0. The quantitative estimate of drug-likeness (QED) is 0.326. The minimum Gasteiger partial charge on any atom is -0.497 e. The summed E-state index contributed by atoms with van der Waals surface area (Å²) < 4.78 is 27.9. The monoisotopic (exact) mass is 495 g/mol. The van der Waals surface area contributed by atoms with Crippen LogP contribution in [0.25, 0.3) is 22.1 Å². The lowest BCUT2D eigenvalue weighted by molar-refractivity contribution is -0.0177. The van der Waals surface area contributed by atoms with Gasteiger partial charge in [-0.05, 0) is 75.1 Å². The van der Waals surface area contributed by atoms with Gasteiger partial charge in [0, 0.05) is 24.5 Å². The van der Waals surface area contributed by atoms with E-state index in [-0.39, 0.29) is 12.2 Å². The third-order valence-electron chi connectivity index (χ3n) is 5.91. The van der Waals surface area contributed by atoms with Gasteiger partial charge >= 0.3 is 11.7 Å². The molecule has 36 heavy (non-hydrogen) atoms. The van der Waals surface area contributed by atoms with Gasteiger partial charge in [0.05, 0.1) is 19.8 Å². The van der Waals surface area contributed by atoms with Crippen LogP contribution >= 0.6 is 0 Å². The third kappa shape index (κ3) is 6.57. The number of carbonyl (C=O) groups is 1. The normalized spacial score (nSPS) is 14.6. The SMILES string of the molecule is COc1ccc2oc(=O)cc(-c3ccc(OCCOC4CCN(C(=O)OC(C)(C)C)CC4)cc3)c2c1. The number of benzene rings is 2. The summed E-state index contributed by atoms with van der Waals surface area (Å²) in [6.07, 6.45) is 1.39. The molecule has 1 saturated heterocycles. The molecule has 1 aliphatic rings. The zero-order valence-electron chi connectivity index (χ0n) is 21.2. The molecule has 0 N–H and O–H groups in total. The Bertz CT molecular complexity index is 1240. The van der Waals surface area contributed by atoms with Crippen molar-refractivity contribution in [2.45, 2.75) is 45.3 Å². The van der Waals surface area contributed by atoms with E-state index in [1.807, 2.05) is 51.1 Å². The number of carbonyl (C=O) groups excluding carboxylic acids is 1. The van der Waals surface area contributed by atoms with E-state index in [1.165, 1.54) is 6.07 Å². The molecule has 4 rings (SSSR count). The van der Waals surface area contributed by atoms with Gasteiger partial charge < -0.3 is 28.3 Å². The number of ether oxygens (including phenoxy) is 4. The highest BCUT2D eigenvalue weighted by Gasteiger charge is 2.27. The predicted octanol–water partition coefficient (Wildman–Crippen LogP) is 5.26. The first-order chi connectivity index (χ1) is 17.2. The highest BCUT2D eigenvalue weighted by molar-refractivity contribution is 5.94. The van der Waals surface area contributed by atoms with E-state index in [0.29, 0.717) is 43.4 Å². The van der Waals surface area contributed by atoms with E-state index in [2.05, 4.69) is 0 Å². The number of hydrogen-bond acceptors (Lipinski definition) is 7. The summed E-state index contributed by atoms with van der Waals surface area (Å²) in [5, 5.41) is 0.800. The van der Waals surface area contributed by atoms with E-state index in [9.17, 15) is 9.59 Å². The largest absolute Gasteiger partial charge is 0.497 e. The first kappa shape index (κ1) is 25.6. The lowest BCUT2D eigenvalue weighted by Gasteiger charge is -2.33. The minimum absolute atomic E-state index is 0.102. The van der Waals surface area contributed by atoms with Crippen LogP contribution in [0.3, 0.4) is 0 Å². The molecule has 1 fully saturated rings. The molecule has 2 aromatic carbocycles. The Kier molecular flexibility index (Phi) is 7.84. The van der Waals surface area contributed by atoms with E-state index in [0.717, 1.165) is 29.4 Å². The predicted molar refractivity (Wildman–Crippen MR) is 137 cm³/mol. The highest BCUT2D eigenvalue weighted by Crippen LogP contribution is 2.31. The summed E-state index contributed by atoms with van der Waals surface area (Å²) in [5.41, 5.74) is 1.26. The van der Waals surface area contributed by atoms with Crippen LogP contribution in [0.2, 0.25) is 0 Å². The van der Waals surface area contributed by atoms with Gasteiger partial charge in [-0.2, -0.15) is 0 Å². The Morgan fingerprint density at radius 1 is 1.00 bits per heavy atom. The van der Waals surface area contributed by atoms with Gasteiger partial charge in [-0.25, -0.2) is 9.59 Å². The molecule has 8 heteroatoms. The molecule has 192 valence electrons. The summed E-state index contributed by atoms with van der Waals surface area (Å²) >= 11 is 0. The van der Waals surface area contributed by atoms with Crippen LogP contribution in [0.15, 0.2) is 57.7 Å². The van der Waals surface area contributed by atoms with Gasteiger partial charge in [-0.1, -0.05) is 12.1 Å². The van der Waals surface area contributed by atoms with Crippen molar-refractivity contribution in [3.63, 3.8) is 0 Å². The van der Waals surface area contributed by atoms with Crippen molar-refractivity contribution in [2.24, 2.45) is 0 Å². The second-order valence-electron chi connectivity index (χ2n) is 9.75. The van der Waals surface area contributed by atoms with Crippen molar-refractivity contribution in [1.29, 1.82) is 0 Å². The van der Waals surface area contributed by atoms with E-state index < -0.39 is 11.2 Å². The van der Waals surface area contributed by atoms with Crippen LogP contribution in [0.5, 0.6) is 11.5 Å². The fourth-order valence-electron chi connectivity index (χ4n) is 4.14. The molecular formula is C28H33NO7. The summed E-state index contributed by atoms with van der Waals surface area (Å²) in [6, 6.07) is 14.4. The molecule has 0 radical (unpaired) electrons. The van der Waals surface area contributed by atoms with Gasteiger partial charge in [-0.3, -0.25) is 0 Å². The van der Waals surface area contributed by atoms with Crippen LogP contribution in [0.4, 0.5) is 4.79 Å². The highest BCUT2D eigenvalue weighted by atomic mass is 16.6. The standard InChI is InChI=1S/C28H33NO7/c1-28(2,3)36-27(31)29-13-11-21(12-14-29)34-16-15-33-20-7-5-19(6-8-20)23-18-26(30)35-25-10-9-22(32-4)17-24(23)25/h5-10,17-18,21H,11-16H2,1-4H3. The molecular weight excluding hydrogens is 462 g/mol. The van der Waals surface area contributed by atoms with Gasteiger partial charge in [-0.15, -0.1) is 0 Å². The Labute approximate surface area is 210 Å². The smallest absolute Gasteiger partial charge is 0.410 e.